The van der Waals surface area contributed by atoms with Crippen LogP contribution >= 0.6 is 0 Å². The van der Waals surface area contributed by atoms with Gasteiger partial charge in [-0.1, -0.05) is 11.6 Å². The number of allylic oxidation sites excluding steroid dienone is 1. The van der Waals surface area contributed by atoms with Crippen molar-refractivity contribution >= 4 is 0 Å². The molecule has 1 aliphatic heterocycles. The van der Waals surface area contributed by atoms with Crippen molar-refractivity contribution in [1.29, 1.82) is 0 Å². The number of hydrogen-bond acceptors (Lipinski definition) is 1. The van der Waals surface area contributed by atoms with Gasteiger partial charge in [0.15, 0.2) is 0 Å². The number of hydrogen-bond donors (Lipinski definition) is 1. The summed E-state index contributed by atoms with van der Waals surface area (Å²) in [5.41, 5.74) is 1.63. The van der Waals surface area contributed by atoms with Gasteiger partial charge >= 0.3 is 0 Å². The van der Waals surface area contributed by atoms with Crippen molar-refractivity contribution in [3.63, 3.8) is 0 Å². The summed E-state index contributed by atoms with van der Waals surface area (Å²) in [7, 11) is 0. The van der Waals surface area contributed by atoms with Crippen LogP contribution in [0.3, 0.4) is 0 Å². The molecule has 1 nitrogen and oxygen atoms in total. The lowest BCUT2D eigenvalue weighted by Crippen LogP contribution is -2.29. The molecule has 56 valence electrons. The fraction of sp³-hybridized carbons (Fsp3) is 0.778. The Labute approximate surface area is 62.5 Å². The van der Waals surface area contributed by atoms with Crippen molar-refractivity contribution in [3.05, 3.63) is 11.6 Å². The lowest BCUT2D eigenvalue weighted by Gasteiger charge is -2.24. The maximum Gasteiger partial charge on any atom is 0.0136 e. The van der Waals surface area contributed by atoms with Crippen molar-refractivity contribution in [2.24, 2.45) is 5.92 Å². The van der Waals surface area contributed by atoms with Crippen molar-refractivity contribution in [2.75, 3.05) is 6.54 Å². The highest BCUT2D eigenvalue weighted by atomic mass is 15.0. The standard InChI is InChI=1S/C9H15N/c1-7-3-2-4-9-8(7)5-6-10-9/h3,8-10H,2,4-6H2,1H3. The first-order chi connectivity index (χ1) is 4.88. The zero-order valence-electron chi connectivity index (χ0n) is 6.56. The van der Waals surface area contributed by atoms with Crippen molar-refractivity contribution in [3.8, 4) is 0 Å². The van der Waals surface area contributed by atoms with Crippen molar-refractivity contribution in [1.82, 2.24) is 5.32 Å². The van der Waals surface area contributed by atoms with E-state index in [0.29, 0.717) is 0 Å². The van der Waals surface area contributed by atoms with E-state index in [1.807, 2.05) is 0 Å². The molecule has 1 saturated heterocycles. The summed E-state index contributed by atoms with van der Waals surface area (Å²) in [5, 5.41) is 3.55. The second kappa shape index (κ2) is 2.39. The van der Waals surface area contributed by atoms with E-state index in [2.05, 4.69) is 18.3 Å². The smallest absolute Gasteiger partial charge is 0.0136 e. The normalized spacial score (nSPS) is 39.1. The fourth-order valence-electron chi connectivity index (χ4n) is 2.26. The average Bonchev–Trinajstić information content (AvgIpc) is 2.36. The highest BCUT2D eigenvalue weighted by molar-refractivity contribution is 5.13. The van der Waals surface area contributed by atoms with E-state index in [1.165, 1.54) is 25.8 Å². The maximum absolute atomic E-state index is 3.55. The molecule has 0 aromatic carbocycles. The van der Waals surface area contributed by atoms with Gasteiger partial charge in [-0.25, -0.2) is 0 Å². The molecule has 0 aromatic heterocycles. The molecule has 1 aliphatic carbocycles. The third kappa shape index (κ3) is 0.891. The number of nitrogens with one attached hydrogen (secondary N) is 1. The Balaban J connectivity index is 2.16. The Morgan fingerprint density at radius 1 is 1.50 bits per heavy atom. The van der Waals surface area contributed by atoms with Crippen LogP contribution in [0.25, 0.3) is 0 Å². The van der Waals surface area contributed by atoms with E-state index in [4.69, 9.17) is 0 Å². The molecule has 1 heteroatoms. The Morgan fingerprint density at radius 3 is 3.20 bits per heavy atom. The van der Waals surface area contributed by atoms with E-state index < -0.39 is 0 Å². The summed E-state index contributed by atoms with van der Waals surface area (Å²) in [6, 6.07) is 0.824. The number of fused-ring (bicyclic) bond motifs is 1. The third-order valence-electron chi connectivity index (χ3n) is 2.88. The lowest BCUT2D eigenvalue weighted by atomic mass is 9.85. The number of rotatable bonds is 0. The second-order valence-electron chi connectivity index (χ2n) is 3.48. The van der Waals surface area contributed by atoms with E-state index in [-0.39, 0.29) is 0 Å². The predicted molar refractivity (Wildman–Crippen MR) is 42.9 cm³/mol. The summed E-state index contributed by atoms with van der Waals surface area (Å²) in [6.45, 7) is 3.52. The van der Waals surface area contributed by atoms with Crippen LogP contribution in [0.2, 0.25) is 0 Å². The van der Waals surface area contributed by atoms with Gasteiger partial charge < -0.3 is 5.32 Å². The summed E-state index contributed by atoms with van der Waals surface area (Å²) >= 11 is 0. The van der Waals surface area contributed by atoms with Crippen LogP contribution in [0.5, 0.6) is 0 Å². The van der Waals surface area contributed by atoms with Gasteiger partial charge in [0, 0.05) is 6.04 Å². The van der Waals surface area contributed by atoms with Crippen LogP contribution in [-0.4, -0.2) is 12.6 Å². The summed E-state index contributed by atoms with van der Waals surface area (Å²) in [6.07, 6.45) is 6.43. The molecule has 1 fully saturated rings. The highest BCUT2D eigenvalue weighted by Crippen LogP contribution is 2.30. The molecule has 1 N–H and O–H groups in total. The van der Waals surface area contributed by atoms with Crippen LogP contribution in [0.4, 0.5) is 0 Å². The minimum absolute atomic E-state index is 0.824. The first-order valence-electron chi connectivity index (χ1n) is 4.28. The third-order valence-corrected chi connectivity index (χ3v) is 2.88. The van der Waals surface area contributed by atoms with Crippen molar-refractivity contribution in [2.45, 2.75) is 32.2 Å². The summed E-state index contributed by atoms with van der Waals surface area (Å²) < 4.78 is 0. The Bertz CT molecular complexity index is 160. The van der Waals surface area contributed by atoms with Crippen LogP contribution in [-0.2, 0) is 0 Å². The SMILES string of the molecule is CC1=CCCC2NCCC12. The summed E-state index contributed by atoms with van der Waals surface area (Å²) in [5.74, 6) is 0.883. The monoisotopic (exact) mass is 137 g/mol. The summed E-state index contributed by atoms with van der Waals surface area (Å²) in [4.78, 5) is 0. The van der Waals surface area contributed by atoms with Crippen LogP contribution < -0.4 is 5.32 Å². The molecule has 0 aromatic rings. The molecule has 2 atom stereocenters. The minimum Gasteiger partial charge on any atom is -0.313 e. The quantitative estimate of drug-likeness (QED) is 0.501. The first kappa shape index (κ1) is 6.41. The molecule has 0 amide bonds. The zero-order chi connectivity index (χ0) is 6.97. The molecule has 0 saturated carbocycles. The molecular formula is C9H15N. The van der Waals surface area contributed by atoms with Gasteiger partial charge in [-0.15, -0.1) is 0 Å². The average molecular weight is 137 g/mol. The van der Waals surface area contributed by atoms with Crippen LogP contribution in [0, 0.1) is 5.92 Å². The molecule has 1 heterocycles. The minimum atomic E-state index is 0.824. The van der Waals surface area contributed by atoms with Crippen LogP contribution in [0.15, 0.2) is 11.6 Å². The first-order valence-corrected chi connectivity index (χ1v) is 4.28. The second-order valence-corrected chi connectivity index (χ2v) is 3.48. The Hall–Kier alpha value is -0.300. The molecular weight excluding hydrogens is 122 g/mol. The topological polar surface area (TPSA) is 12.0 Å². The van der Waals surface area contributed by atoms with E-state index in [0.717, 1.165) is 12.0 Å². The molecule has 2 rings (SSSR count). The molecule has 2 unspecified atom stereocenters. The molecule has 0 spiro atoms. The van der Waals surface area contributed by atoms with Gasteiger partial charge in [-0.05, 0) is 38.6 Å². The molecule has 0 bridgehead atoms. The zero-order valence-corrected chi connectivity index (χ0v) is 6.56. The molecule has 0 radical (unpaired) electrons. The Kier molecular flexibility index (Phi) is 1.53. The van der Waals surface area contributed by atoms with Crippen LogP contribution in [0.1, 0.15) is 26.2 Å². The highest BCUT2D eigenvalue weighted by Gasteiger charge is 2.29. The maximum atomic E-state index is 3.55. The predicted octanol–water partition coefficient (Wildman–Crippen LogP) is 1.70. The largest absolute Gasteiger partial charge is 0.313 e. The van der Waals surface area contributed by atoms with Gasteiger partial charge in [0.05, 0.1) is 0 Å². The van der Waals surface area contributed by atoms with E-state index in [1.54, 1.807) is 5.57 Å². The molecule has 2 aliphatic rings. The van der Waals surface area contributed by atoms with E-state index >= 15 is 0 Å². The van der Waals surface area contributed by atoms with Gasteiger partial charge in [0.25, 0.3) is 0 Å². The molecule has 10 heavy (non-hydrogen) atoms. The van der Waals surface area contributed by atoms with Gasteiger partial charge in [0.1, 0.15) is 0 Å². The fourth-order valence-corrected chi connectivity index (χ4v) is 2.26. The van der Waals surface area contributed by atoms with Gasteiger partial charge in [-0.2, -0.15) is 0 Å². The van der Waals surface area contributed by atoms with Gasteiger partial charge in [-0.3, -0.25) is 0 Å². The van der Waals surface area contributed by atoms with E-state index in [9.17, 15) is 0 Å². The van der Waals surface area contributed by atoms with Gasteiger partial charge in [0.2, 0.25) is 0 Å². The van der Waals surface area contributed by atoms with Crippen molar-refractivity contribution < 1.29 is 0 Å². The Morgan fingerprint density at radius 2 is 2.40 bits per heavy atom. The lowest BCUT2D eigenvalue weighted by molar-refractivity contribution is 0.452.